The molecule has 2 heterocycles. The molecule has 28 heavy (non-hydrogen) atoms. The highest BCUT2D eigenvalue weighted by Crippen LogP contribution is 2.28. The van der Waals surface area contributed by atoms with Crippen molar-refractivity contribution in [3.05, 3.63) is 48.0 Å². The number of oxazole rings is 1. The molecular formula is C19H14N2O6S. The predicted molar refractivity (Wildman–Crippen MR) is 101 cm³/mol. The molecule has 142 valence electrons. The van der Waals surface area contributed by atoms with Gasteiger partial charge in [-0.1, -0.05) is 23.9 Å². The second-order valence-corrected chi connectivity index (χ2v) is 6.79. The van der Waals surface area contributed by atoms with Gasteiger partial charge in [0, 0.05) is 5.56 Å². The molecule has 0 saturated heterocycles. The van der Waals surface area contributed by atoms with Crippen LogP contribution in [0.3, 0.4) is 0 Å². The van der Waals surface area contributed by atoms with Gasteiger partial charge in [-0.25, -0.2) is 4.98 Å². The topological polar surface area (TPSA) is 108 Å². The zero-order valence-corrected chi connectivity index (χ0v) is 15.3. The van der Waals surface area contributed by atoms with E-state index in [1.54, 1.807) is 18.2 Å². The van der Waals surface area contributed by atoms with Crippen LogP contribution >= 0.6 is 11.8 Å². The summed E-state index contributed by atoms with van der Waals surface area (Å²) in [4.78, 5) is 39.8. The number of ether oxygens (including phenoxy) is 2. The number of benzene rings is 2. The Labute approximate surface area is 163 Å². The van der Waals surface area contributed by atoms with Crippen LogP contribution in [0.25, 0.3) is 11.1 Å². The third kappa shape index (κ3) is 3.99. The predicted octanol–water partition coefficient (Wildman–Crippen LogP) is 2.68. The van der Waals surface area contributed by atoms with Gasteiger partial charge in [-0.15, -0.1) is 0 Å². The van der Waals surface area contributed by atoms with Crippen molar-refractivity contribution in [2.45, 2.75) is 5.22 Å². The first-order chi connectivity index (χ1) is 13.6. The second-order valence-electron chi connectivity index (χ2n) is 5.87. The van der Waals surface area contributed by atoms with Gasteiger partial charge in [-0.05, 0) is 30.3 Å². The van der Waals surface area contributed by atoms with E-state index >= 15 is 0 Å². The molecule has 1 N–H and O–H groups in total. The van der Waals surface area contributed by atoms with Crippen LogP contribution in [0, 0.1) is 0 Å². The molecule has 1 aromatic heterocycles. The maximum Gasteiger partial charge on any atom is 0.316 e. The van der Waals surface area contributed by atoms with Crippen molar-refractivity contribution in [3.8, 4) is 5.75 Å². The van der Waals surface area contributed by atoms with Gasteiger partial charge in [0.15, 0.2) is 24.6 Å². The number of carbonyl (C=O) groups is 3. The summed E-state index contributed by atoms with van der Waals surface area (Å²) in [5.41, 5.74) is 2.07. The molecule has 0 fully saturated rings. The van der Waals surface area contributed by atoms with E-state index in [4.69, 9.17) is 13.9 Å². The summed E-state index contributed by atoms with van der Waals surface area (Å²) < 4.78 is 15.8. The maximum atomic E-state index is 12.2. The lowest BCUT2D eigenvalue weighted by Gasteiger charge is -2.18. The Kier molecular flexibility index (Phi) is 4.98. The number of hydrogen-bond acceptors (Lipinski definition) is 8. The number of amides is 1. The Hall–Kier alpha value is -3.33. The largest absolute Gasteiger partial charge is 0.482 e. The highest BCUT2D eigenvalue weighted by atomic mass is 32.2. The fraction of sp³-hybridized carbons (Fsp3) is 0.158. The summed E-state index contributed by atoms with van der Waals surface area (Å²) >= 11 is 1.09. The smallest absolute Gasteiger partial charge is 0.316 e. The van der Waals surface area contributed by atoms with Crippen LogP contribution in [-0.4, -0.2) is 41.6 Å². The van der Waals surface area contributed by atoms with Crippen molar-refractivity contribution in [2.24, 2.45) is 0 Å². The minimum absolute atomic E-state index is 0.0335. The third-order valence-electron chi connectivity index (χ3n) is 3.89. The average Bonchev–Trinajstić information content (AvgIpc) is 3.13. The monoisotopic (exact) mass is 398 g/mol. The number of ketones is 1. The van der Waals surface area contributed by atoms with Crippen LogP contribution < -0.4 is 10.1 Å². The van der Waals surface area contributed by atoms with Gasteiger partial charge in [-0.2, -0.15) is 0 Å². The van der Waals surface area contributed by atoms with Crippen molar-refractivity contribution < 1.29 is 28.3 Å². The van der Waals surface area contributed by atoms with Crippen molar-refractivity contribution in [3.63, 3.8) is 0 Å². The molecular weight excluding hydrogens is 384 g/mol. The molecule has 4 rings (SSSR count). The molecule has 8 nitrogen and oxygen atoms in total. The Balaban J connectivity index is 1.30. The second kappa shape index (κ2) is 7.73. The van der Waals surface area contributed by atoms with Gasteiger partial charge in [0.2, 0.25) is 0 Å². The Morgan fingerprint density at radius 1 is 1.21 bits per heavy atom. The van der Waals surface area contributed by atoms with Crippen molar-refractivity contribution in [2.75, 3.05) is 24.3 Å². The number of rotatable bonds is 6. The number of hydrogen-bond donors (Lipinski definition) is 1. The number of esters is 1. The van der Waals surface area contributed by atoms with Crippen LogP contribution in [0.15, 0.2) is 52.1 Å². The van der Waals surface area contributed by atoms with E-state index in [2.05, 4.69) is 10.3 Å². The zero-order valence-electron chi connectivity index (χ0n) is 14.5. The number of nitrogens with one attached hydrogen (secondary N) is 1. The summed E-state index contributed by atoms with van der Waals surface area (Å²) in [5.74, 6) is -0.783. The molecule has 0 radical (unpaired) electrons. The normalized spacial score (nSPS) is 12.8. The van der Waals surface area contributed by atoms with E-state index in [1.807, 2.05) is 18.2 Å². The number of Topliss-reactive ketones (excluding diaryl/α,β-unsaturated/α-hetero) is 1. The lowest BCUT2D eigenvalue weighted by molar-refractivity contribution is -0.139. The molecule has 1 aliphatic rings. The van der Waals surface area contributed by atoms with Crippen LogP contribution in [0.2, 0.25) is 0 Å². The van der Waals surface area contributed by atoms with Crippen LogP contribution in [0.4, 0.5) is 5.69 Å². The molecule has 0 aliphatic carbocycles. The Morgan fingerprint density at radius 3 is 2.93 bits per heavy atom. The van der Waals surface area contributed by atoms with Crippen molar-refractivity contribution in [1.29, 1.82) is 0 Å². The highest BCUT2D eigenvalue weighted by Gasteiger charge is 2.19. The first kappa shape index (κ1) is 18.1. The van der Waals surface area contributed by atoms with Crippen LogP contribution in [0.5, 0.6) is 5.75 Å². The van der Waals surface area contributed by atoms with Crippen LogP contribution in [-0.2, 0) is 14.3 Å². The number of fused-ring (bicyclic) bond motifs is 2. The minimum Gasteiger partial charge on any atom is -0.482 e. The number of carbonyl (C=O) groups excluding carboxylic acids is 3. The van der Waals surface area contributed by atoms with E-state index in [0.717, 1.165) is 11.8 Å². The fourth-order valence-corrected chi connectivity index (χ4v) is 3.20. The molecule has 0 spiro atoms. The van der Waals surface area contributed by atoms with Gasteiger partial charge >= 0.3 is 5.97 Å². The number of para-hydroxylation sites is 2. The summed E-state index contributed by atoms with van der Waals surface area (Å²) in [6, 6.07) is 11.9. The van der Waals surface area contributed by atoms with Gasteiger partial charge in [0.05, 0.1) is 5.69 Å². The molecule has 3 aromatic rings. The summed E-state index contributed by atoms with van der Waals surface area (Å²) in [6.07, 6.45) is 0. The maximum absolute atomic E-state index is 12.2. The average molecular weight is 398 g/mol. The van der Waals surface area contributed by atoms with Gasteiger partial charge in [-0.3, -0.25) is 14.4 Å². The quantitative estimate of drug-likeness (QED) is 0.384. The fourth-order valence-electron chi connectivity index (χ4n) is 2.56. The molecule has 1 aliphatic heterocycles. The van der Waals surface area contributed by atoms with E-state index < -0.39 is 12.6 Å². The molecule has 1 amide bonds. The number of anilines is 1. The highest BCUT2D eigenvalue weighted by molar-refractivity contribution is 7.99. The summed E-state index contributed by atoms with van der Waals surface area (Å²) in [5, 5.41) is 2.98. The molecule has 0 atom stereocenters. The number of thioether (sulfide) groups is 1. The van der Waals surface area contributed by atoms with Gasteiger partial charge in [0.25, 0.3) is 11.1 Å². The molecule has 9 heteroatoms. The van der Waals surface area contributed by atoms with Crippen molar-refractivity contribution in [1.82, 2.24) is 4.98 Å². The van der Waals surface area contributed by atoms with E-state index in [9.17, 15) is 14.4 Å². The molecule has 2 aromatic carbocycles. The SMILES string of the molecule is O=C1COc2ccc(C(=O)COC(=O)CSc3nc4ccccc4o3)cc2N1. The van der Waals surface area contributed by atoms with Gasteiger partial charge < -0.3 is 19.2 Å². The van der Waals surface area contributed by atoms with E-state index in [0.29, 0.717) is 33.3 Å². The van der Waals surface area contributed by atoms with Gasteiger partial charge in [0.1, 0.15) is 17.0 Å². The van der Waals surface area contributed by atoms with Crippen LogP contribution in [0.1, 0.15) is 10.4 Å². The molecule has 0 unspecified atom stereocenters. The first-order valence-electron chi connectivity index (χ1n) is 8.32. The Bertz CT molecular complexity index is 1040. The summed E-state index contributed by atoms with van der Waals surface area (Å²) in [6.45, 7) is -0.462. The third-order valence-corrected chi connectivity index (χ3v) is 4.69. The first-order valence-corrected chi connectivity index (χ1v) is 9.31. The summed E-state index contributed by atoms with van der Waals surface area (Å²) in [7, 11) is 0. The lowest BCUT2D eigenvalue weighted by Crippen LogP contribution is -2.25. The van der Waals surface area contributed by atoms with E-state index in [1.165, 1.54) is 6.07 Å². The van der Waals surface area contributed by atoms with Crippen molar-refractivity contribution >= 4 is 46.2 Å². The number of nitrogens with zero attached hydrogens (tertiary/aromatic N) is 1. The van der Waals surface area contributed by atoms with E-state index in [-0.39, 0.29) is 24.1 Å². The lowest BCUT2D eigenvalue weighted by atomic mass is 10.1. The molecule has 0 saturated carbocycles. The zero-order chi connectivity index (χ0) is 19.5. The number of aromatic nitrogens is 1. The standard InChI is InChI=1S/C19H14N2O6S/c22-14(11-5-6-15-13(7-11)20-17(23)9-25-15)8-26-18(24)10-28-19-21-12-3-1-2-4-16(12)27-19/h1-7H,8-10H2,(H,20,23). The minimum atomic E-state index is -0.560. The molecule has 0 bridgehead atoms. The Morgan fingerprint density at radius 2 is 2.07 bits per heavy atom.